The minimum Gasteiger partial charge on any atom is -0.497 e. The zero-order valence-electron chi connectivity index (χ0n) is 13.4. The second-order valence-electron chi connectivity index (χ2n) is 5.72. The van der Waals surface area contributed by atoms with Crippen molar-refractivity contribution in [1.29, 1.82) is 0 Å². The van der Waals surface area contributed by atoms with Crippen LogP contribution < -0.4 is 10.3 Å². The standard InChI is InChI=1S/C17H19N3O4/c1-24-14-4-2-12(3-5-14)15-6-9-18-20(16(15)21)13-7-10-19(11-8-13)17(22)23/h2-6,9,13H,7-8,10-11H2,1H3,(H,22,23). The average Bonchev–Trinajstić information content (AvgIpc) is 2.62. The fourth-order valence-electron chi connectivity index (χ4n) is 2.98. The Hall–Kier alpha value is -2.83. The maximum absolute atomic E-state index is 12.8. The Kier molecular flexibility index (Phi) is 4.50. The Morgan fingerprint density at radius 2 is 1.88 bits per heavy atom. The van der Waals surface area contributed by atoms with Gasteiger partial charge in [-0.15, -0.1) is 0 Å². The Morgan fingerprint density at radius 3 is 2.46 bits per heavy atom. The van der Waals surface area contributed by atoms with Crippen molar-refractivity contribution in [3.8, 4) is 16.9 Å². The molecule has 2 heterocycles. The summed E-state index contributed by atoms with van der Waals surface area (Å²) in [6.07, 6.45) is 1.88. The number of methoxy groups -OCH3 is 1. The summed E-state index contributed by atoms with van der Waals surface area (Å²) in [5, 5.41) is 13.2. The largest absolute Gasteiger partial charge is 0.497 e. The molecule has 1 N–H and O–H groups in total. The number of rotatable bonds is 3. The van der Waals surface area contributed by atoms with Crippen LogP contribution in [-0.2, 0) is 0 Å². The minimum atomic E-state index is -0.916. The molecule has 0 saturated carbocycles. The molecule has 2 aromatic rings. The third-order valence-electron chi connectivity index (χ3n) is 4.35. The van der Waals surface area contributed by atoms with Crippen LogP contribution in [-0.4, -0.2) is 46.1 Å². The lowest BCUT2D eigenvalue weighted by Crippen LogP contribution is -2.40. The Labute approximate surface area is 139 Å². The number of carboxylic acid groups (broad SMARTS) is 1. The van der Waals surface area contributed by atoms with E-state index in [1.165, 1.54) is 9.58 Å². The van der Waals surface area contributed by atoms with E-state index in [0.717, 1.165) is 11.3 Å². The van der Waals surface area contributed by atoms with Crippen LogP contribution in [0.3, 0.4) is 0 Å². The fourth-order valence-corrected chi connectivity index (χ4v) is 2.98. The van der Waals surface area contributed by atoms with Crippen molar-refractivity contribution in [1.82, 2.24) is 14.7 Å². The third-order valence-corrected chi connectivity index (χ3v) is 4.35. The van der Waals surface area contributed by atoms with Gasteiger partial charge in [-0.2, -0.15) is 5.10 Å². The molecule has 3 rings (SSSR count). The number of likely N-dealkylation sites (tertiary alicyclic amines) is 1. The van der Waals surface area contributed by atoms with Crippen molar-refractivity contribution < 1.29 is 14.6 Å². The SMILES string of the molecule is COc1ccc(-c2ccnn(C3CCN(C(=O)O)CC3)c2=O)cc1. The van der Waals surface area contributed by atoms with Crippen molar-refractivity contribution in [3.63, 3.8) is 0 Å². The van der Waals surface area contributed by atoms with E-state index in [9.17, 15) is 9.59 Å². The Bertz CT molecular complexity index is 777. The molecular formula is C17H19N3O4. The summed E-state index contributed by atoms with van der Waals surface area (Å²) < 4.78 is 6.62. The first-order valence-corrected chi connectivity index (χ1v) is 7.80. The van der Waals surface area contributed by atoms with Gasteiger partial charge in [0.15, 0.2) is 0 Å². The highest BCUT2D eigenvalue weighted by molar-refractivity contribution is 5.65. The van der Waals surface area contributed by atoms with Gasteiger partial charge in [-0.05, 0) is 36.6 Å². The fraction of sp³-hybridized carbons (Fsp3) is 0.353. The van der Waals surface area contributed by atoms with Crippen molar-refractivity contribution in [2.24, 2.45) is 0 Å². The normalized spacial score (nSPS) is 15.3. The summed E-state index contributed by atoms with van der Waals surface area (Å²) in [5.41, 5.74) is 1.23. The van der Waals surface area contributed by atoms with Gasteiger partial charge in [-0.25, -0.2) is 9.48 Å². The molecular weight excluding hydrogens is 310 g/mol. The first kappa shape index (κ1) is 16.0. The van der Waals surface area contributed by atoms with Gasteiger partial charge >= 0.3 is 6.09 Å². The number of nitrogens with zero attached hydrogens (tertiary/aromatic N) is 3. The molecule has 7 nitrogen and oxygen atoms in total. The molecule has 1 aromatic carbocycles. The van der Waals surface area contributed by atoms with Crippen LogP contribution in [0.5, 0.6) is 5.75 Å². The van der Waals surface area contributed by atoms with Gasteiger partial charge in [-0.3, -0.25) is 4.79 Å². The van der Waals surface area contributed by atoms with E-state index >= 15 is 0 Å². The monoisotopic (exact) mass is 329 g/mol. The number of piperidine rings is 1. The first-order chi connectivity index (χ1) is 11.6. The van der Waals surface area contributed by atoms with E-state index in [0.29, 0.717) is 31.5 Å². The van der Waals surface area contributed by atoms with Gasteiger partial charge in [0.25, 0.3) is 5.56 Å². The highest BCUT2D eigenvalue weighted by atomic mass is 16.5. The summed E-state index contributed by atoms with van der Waals surface area (Å²) in [7, 11) is 1.60. The van der Waals surface area contributed by atoms with Gasteiger partial charge in [0.1, 0.15) is 5.75 Å². The van der Waals surface area contributed by atoms with E-state index < -0.39 is 6.09 Å². The molecule has 1 aliphatic heterocycles. The van der Waals surface area contributed by atoms with Crippen LogP contribution in [0.25, 0.3) is 11.1 Å². The van der Waals surface area contributed by atoms with Crippen LogP contribution >= 0.6 is 0 Å². The molecule has 0 unspecified atom stereocenters. The maximum Gasteiger partial charge on any atom is 0.407 e. The molecule has 0 atom stereocenters. The average molecular weight is 329 g/mol. The van der Waals surface area contributed by atoms with Crippen molar-refractivity contribution in [3.05, 3.63) is 46.9 Å². The van der Waals surface area contributed by atoms with Gasteiger partial charge in [0.2, 0.25) is 0 Å². The summed E-state index contributed by atoms with van der Waals surface area (Å²) in [6, 6.07) is 8.93. The number of hydrogen-bond donors (Lipinski definition) is 1. The molecule has 1 aromatic heterocycles. The molecule has 0 radical (unpaired) electrons. The van der Waals surface area contributed by atoms with Crippen LogP contribution in [0, 0.1) is 0 Å². The molecule has 1 aliphatic rings. The topological polar surface area (TPSA) is 84.7 Å². The molecule has 24 heavy (non-hydrogen) atoms. The predicted molar refractivity (Wildman–Crippen MR) is 88.4 cm³/mol. The maximum atomic E-state index is 12.8. The molecule has 1 fully saturated rings. The zero-order chi connectivity index (χ0) is 17.1. The van der Waals surface area contributed by atoms with Gasteiger partial charge < -0.3 is 14.7 Å². The predicted octanol–water partition coefficient (Wildman–Crippen LogP) is 2.23. The zero-order valence-corrected chi connectivity index (χ0v) is 13.4. The molecule has 1 saturated heterocycles. The highest BCUT2D eigenvalue weighted by Gasteiger charge is 2.25. The lowest BCUT2D eigenvalue weighted by atomic mass is 10.0. The molecule has 1 amide bonds. The number of amides is 1. The Morgan fingerprint density at radius 1 is 1.21 bits per heavy atom. The van der Waals surface area contributed by atoms with E-state index in [4.69, 9.17) is 9.84 Å². The van der Waals surface area contributed by atoms with Crippen molar-refractivity contribution in [2.75, 3.05) is 20.2 Å². The van der Waals surface area contributed by atoms with Crippen molar-refractivity contribution >= 4 is 6.09 Å². The number of ether oxygens (including phenoxy) is 1. The number of benzene rings is 1. The minimum absolute atomic E-state index is 0.0775. The van der Waals surface area contributed by atoms with E-state index in [1.807, 2.05) is 24.3 Å². The molecule has 0 bridgehead atoms. The lowest BCUT2D eigenvalue weighted by molar-refractivity contribution is 0.123. The van der Waals surface area contributed by atoms with Gasteiger partial charge in [0.05, 0.1) is 18.7 Å². The lowest BCUT2D eigenvalue weighted by Gasteiger charge is -2.30. The van der Waals surface area contributed by atoms with E-state index in [1.54, 1.807) is 19.4 Å². The van der Waals surface area contributed by atoms with E-state index in [2.05, 4.69) is 5.10 Å². The van der Waals surface area contributed by atoms with Crippen LogP contribution in [0.15, 0.2) is 41.3 Å². The summed E-state index contributed by atoms with van der Waals surface area (Å²) in [4.78, 5) is 25.1. The molecule has 0 spiro atoms. The quantitative estimate of drug-likeness (QED) is 0.933. The summed E-state index contributed by atoms with van der Waals surface area (Å²) in [5.74, 6) is 0.731. The van der Waals surface area contributed by atoms with Gasteiger partial charge in [0, 0.05) is 19.3 Å². The number of carbonyl (C=O) groups is 1. The van der Waals surface area contributed by atoms with Crippen molar-refractivity contribution in [2.45, 2.75) is 18.9 Å². The van der Waals surface area contributed by atoms with Crippen LogP contribution in [0.2, 0.25) is 0 Å². The second-order valence-corrected chi connectivity index (χ2v) is 5.72. The summed E-state index contributed by atoms with van der Waals surface area (Å²) in [6.45, 7) is 0.835. The molecule has 126 valence electrons. The first-order valence-electron chi connectivity index (χ1n) is 7.80. The smallest absolute Gasteiger partial charge is 0.407 e. The molecule has 7 heteroatoms. The third kappa shape index (κ3) is 3.10. The van der Waals surface area contributed by atoms with E-state index in [-0.39, 0.29) is 11.6 Å². The van der Waals surface area contributed by atoms with Crippen LogP contribution in [0.4, 0.5) is 4.79 Å². The number of hydrogen-bond acceptors (Lipinski definition) is 4. The van der Waals surface area contributed by atoms with Crippen LogP contribution in [0.1, 0.15) is 18.9 Å². The highest BCUT2D eigenvalue weighted by Crippen LogP contribution is 2.23. The second kappa shape index (κ2) is 6.74. The number of aromatic nitrogens is 2. The molecule has 0 aliphatic carbocycles. The summed E-state index contributed by atoms with van der Waals surface area (Å²) >= 11 is 0. The Balaban J connectivity index is 1.86. The van der Waals surface area contributed by atoms with Gasteiger partial charge in [-0.1, -0.05) is 12.1 Å².